The molecule has 0 saturated carbocycles. The van der Waals surface area contributed by atoms with Crippen LogP contribution in [0.25, 0.3) is 0 Å². The maximum Gasteiger partial charge on any atom is 0.254 e. The molecule has 1 aliphatic heterocycles. The van der Waals surface area contributed by atoms with E-state index in [1.807, 2.05) is 6.07 Å². The number of aromatic nitrogens is 1. The Balaban J connectivity index is 1.93. The van der Waals surface area contributed by atoms with E-state index < -0.39 is 0 Å². The van der Waals surface area contributed by atoms with Crippen LogP contribution in [-0.2, 0) is 7.05 Å². The van der Waals surface area contributed by atoms with Crippen LogP contribution in [0.2, 0.25) is 0 Å². The third kappa shape index (κ3) is 3.17. The van der Waals surface area contributed by atoms with Gasteiger partial charge in [-0.05, 0) is 23.8 Å². The van der Waals surface area contributed by atoms with Gasteiger partial charge in [-0.3, -0.25) is 9.59 Å². The molecule has 6 heteroatoms. The normalized spacial score (nSPS) is 18.0. The third-order valence-electron chi connectivity index (χ3n) is 4.09. The van der Waals surface area contributed by atoms with E-state index >= 15 is 0 Å². The number of amides is 1. The molecule has 0 spiro atoms. The SMILES string of the molecule is Cn1ccc(C(=O)N2CCNCC2c2cccc(F)c2)cc1=O. The summed E-state index contributed by atoms with van der Waals surface area (Å²) in [6.07, 6.45) is 1.58. The van der Waals surface area contributed by atoms with Gasteiger partial charge in [0, 0.05) is 44.5 Å². The molecule has 1 aromatic carbocycles. The molecule has 1 saturated heterocycles. The lowest BCUT2D eigenvalue weighted by Gasteiger charge is -2.36. The Hall–Kier alpha value is -2.47. The fourth-order valence-electron chi connectivity index (χ4n) is 2.81. The highest BCUT2D eigenvalue weighted by Gasteiger charge is 2.29. The molecule has 120 valence electrons. The van der Waals surface area contributed by atoms with E-state index in [1.54, 1.807) is 30.3 Å². The number of pyridine rings is 1. The van der Waals surface area contributed by atoms with Gasteiger partial charge in [-0.1, -0.05) is 12.1 Å². The Morgan fingerprint density at radius 2 is 2.13 bits per heavy atom. The van der Waals surface area contributed by atoms with Gasteiger partial charge >= 0.3 is 0 Å². The van der Waals surface area contributed by atoms with E-state index in [2.05, 4.69) is 5.32 Å². The molecule has 0 aliphatic carbocycles. The zero-order chi connectivity index (χ0) is 16.4. The van der Waals surface area contributed by atoms with Crippen molar-refractivity contribution in [2.75, 3.05) is 19.6 Å². The van der Waals surface area contributed by atoms with Crippen LogP contribution >= 0.6 is 0 Å². The van der Waals surface area contributed by atoms with Gasteiger partial charge in [0.25, 0.3) is 11.5 Å². The number of benzene rings is 1. The first-order valence-corrected chi connectivity index (χ1v) is 7.50. The van der Waals surface area contributed by atoms with Crippen LogP contribution in [-0.4, -0.2) is 35.0 Å². The van der Waals surface area contributed by atoms with Gasteiger partial charge < -0.3 is 14.8 Å². The lowest BCUT2D eigenvalue weighted by atomic mass is 10.0. The summed E-state index contributed by atoms with van der Waals surface area (Å²) in [5.74, 6) is -0.535. The highest BCUT2D eigenvalue weighted by Crippen LogP contribution is 2.24. The topological polar surface area (TPSA) is 54.3 Å². The summed E-state index contributed by atoms with van der Waals surface area (Å²) < 4.78 is 14.9. The number of hydrogen-bond donors (Lipinski definition) is 1. The molecule has 0 radical (unpaired) electrons. The predicted octanol–water partition coefficient (Wildman–Crippen LogP) is 1.31. The van der Waals surface area contributed by atoms with Gasteiger partial charge in [-0.25, -0.2) is 4.39 Å². The second-order valence-corrected chi connectivity index (χ2v) is 5.64. The highest BCUT2D eigenvalue weighted by atomic mass is 19.1. The van der Waals surface area contributed by atoms with Crippen molar-refractivity contribution in [1.82, 2.24) is 14.8 Å². The number of nitrogens with one attached hydrogen (secondary N) is 1. The monoisotopic (exact) mass is 315 g/mol. The van der Waals surface area contributed by atoms with Crippen molar-refractivity contribution in [1.29, 1.82) is 0 Å². The zero-order valence-electron chi connectivity index (χ0n) is 12.8. The molecule has 1 fully saturated rings. The second-order valence-electron chi connectivity index (χ2n) is 5.64. The number of halogens is 1. The summed E-state index contributed by atoms with van der Waals surface area (Å²) in [4.78, 5) is 26.2. The summed E-state index contributed by atoms with van der Waals surface area (Å²) in [6, 6.07) is 9.00. The van der Waals surface area contributed by atoms with Gasteiger partial charge in [0.05, 0.1) is 6.04 Å². The summed E-state index contributed by atoms with van der Waals surface area (Å²) in [6.45, 7) is 1.73. The number of piperazine rings is 1. The maximum absolute atomic E-state index is 13.5. The summed E-state index contributed by atoms with van der Waals surface area (Å²) in [7, 11) is 1.64. The Morgan fingerprint density at radius 3 is 2.87 bits per heavy atom. The van der Waals surface area contributed by atoms with Crippen molar-refractivity contribution in [3.8, 4) is 0 Å². The smallest absolute Gasteiger partial charge is 0.254 e. The molecule has 5 nitrogen and oxygen atoms in total. The van der Waals surface area contributed by atoms with E-state index in [0.717, 1.165) is 5.56 Å². The van der Waals surface area contributed by atoms with Crippen molar-refractivity contribution in [2.45, 2.75) is 6.04 Å². The number of nitrogens with zero attached hydrogens (tertiary/aromatic N) is 2. The predicted molar refractivity (Wildman–Crippen MR) is 84.7 cm³/mol. The first-order chi connectivity index (χ1) is 11.1. The van der Waals surface area contributed by atoms with E-state index in [9.17, 15) is 14.0 Å². The Labute approximate surface area is 133 Å². The first-order valence-electron chi connectivity index (χ1n) is 7.50. The van der Waals surface area contributed by atoms with Crippen LogP contribution in [0.4, 0.5) is 4.39 Å². The number of hydrogen-bond acceptors (Lipinski definition) is 3. The van der Waals surface area contributed by atoms with Crippen LogP contribution in [0.15, 0.2) is 47.4 Å². The third-order valence-corrected chi connectivity index (χ3v) is 4.09. The summed E-state index contributed by atoms with van der Waals surface area (Å²) in [5.41, 5.74) is 0.874. The van der Waals surface area contributed by atoms with Crippen molar-refractivity contribution in [3.05, 3.63) is 69.9 Å². The molecule has 2 heterocycles. The molecule has 1 unspecified atom stereocenters. The van der Waals surface area contributed by atoms with Crippen molar-refractivity contribution >= 4 is 5.91 Å². The minimum atomic E-state index is -0.325. The van der Waals surface area contributed by atoms with Crippen LogP contribution in [0.5, 0.6) is 0 Å². The van der Waals surface area contributed by atoms with Gasteiger partial charge in [0.15, 0.2) is 0 Å². The van der Waals surface area contributed by atoms with Gasteiger partial charge in [-0.2, -0.15) is 0 Å². The summed E-state index contributed by atoms with van der Waals surface area (Å²) in [5, 5.41) is 3.23. The van der Waals surface area contributed by atoms with Gasteiger partial charge in [-0.15, -0.1) is 0 Å². The molecule has 1 amide bonds. The fraction of sp³-hybridized carbons (Fsp3) is 0.294. The molecular formula is C17H18FN3O2. The minimum absolute atomic E-state index is 0.210. The highest BCUT2D eigenvalue weighted by molar-refractivity contribution is 5.94. The zero-order valence-corrected chi connectivity index (χ0v) is 12.8. The van der Waals surface area contributed by atoms with Crippen LogP contribution in [0.1, 0.15) is 22.0 Å². The van der Waals surface area contributed by atoms with Crippen LogP contribution in [0.3, 0.4) is 0 Å². The quantitative estimate of drug-likeness (QED) is 0.909. The number of carbonyl (C=O) groups is 1. The van der Waals surface area contributed by atoms with Crippen LogP contribution < -0.4 is 10.9 Å². The van der Waals surface area contributed by atoms with E-state index in [1.165, 1.54) is 22.8 Å². The van der Waals surface area contributed by atoms with E-state index in [0.29, 0.717) is 25.2 Å². The van der Waals surface area contributed by atoms with Crippen LogP contribution in [0, 0.1) is 5.82 Å². The van der Waals surface area contributed by atoms with E-state index in [4.69, 9.17) is 0 Å². The standard InChI is InChI=1S/C17H18FN3O2/c1-20-7-5-13(10-16(20)22)17(23)21-8-6-19-11-15(21)12-3-2-4-14(18)9-12/h2-5,7,9-10,15,19H,6,8,11H2,1H3. The van der Waals surface area contributed by atoms with Crippen molar-refractivity contribution in [3.63, 3.8) is 0 Å². The second kappa shape index (κ2) is 6.34. The Bertz CT molecular complexity index is 787. The molecule has 0 bridgehead atoms. The number of rotatable bonds is 2. The Morgan fingerprint density at radius 1 is 1.30 bits per heavy atom. The van der Waals surface area contributed by atoms with Crippen molar-refractivity contribution in [2.24, 2.45) is 7.05 Å². The molecule has 3 rings (SSSR count). The van der Waals surface area contributed by atoms with Crippen molar-refractivity contribution < 1.29 is 9.18 Å². The average Bonchev–Trinajstić information content (AvgIpc) is 2.57. The van der Waals surface area contributed by atoms with Gasteiger partial charge in [0.1, 0.15) is 5.82 Å². The molecule has 2 aromatic rings. The minimum Gasteiger partial charge on any atom is -0.329 e. The largest absolute Gasteiger partial charge is 0.329 e. The maximum atomic E-state index is 13.5. The fourth-order valence-corrected chi connectivity index (χ4v) is 2.81. The van der Waals surface area contributed by atoms with E-state index in [-0.39, 0.29) is 23.3 Å². The van der Waals surface area contributed by atoms with Gasteiger partial charge in [0.2, 0.25) is 0 Å². The lowest BCUT2D eigenvalue weighted by molar-refractivity contribution is 0.0633. The molecule has 23 heavy (non-hydrogen) atoms. The number of aryl methyl sites for hydroxylation is 1. The molecule has 1 aliphatic rings. The molecular weight excluding hydrogens is 297 g/mol. The lowest BCUT2D eigenvalue weighted by Crippen LogP contribution is -2.48. The molecule has 1 N–H and O–H groups in total. The average molecular weight is 315 g/mol. The number of carbonyl (C=O) groups excluding carboxylic acids is 1. The Kier molecular flexibility index (Phi) is 4.25. The first kappa shape index (κ1) is 15.4. The molecule has 1 aromatic heterocycles. The summed E-state index contributed by atoms with van der Waals surface area (Å²) >= 11 is 0. The molecule has 1 atom stereocenters.